The predicted molar refractivity (Wildman–Crippen MR) is 96.3 cm³/mol. The van der Waals surface area contributed by atoms with E-state index >= 15 is 0 Å². The van der Waals surface area contributed by atoms with Crippen molar-refractivity contribution >= 4 is 33.8 Å². The standard InChI is InChI=1S/C19H19NO3S/c1-13-8-10-16(11-9-13)24(21,22)20(4)12-17-15(3)23-18-7-5-6-14(2)19(17)18/h5-12H,3H2,1-2,4H3/b17-12+. The Labute approximate surface area is 141 Å². The van der Waals surface area contributed by atoms with Gasteiger partial charge in [-0.15, -0.1) is 0 Å². The molecule has 0 unspecified atom stereocenters. The van der Waals surface area contributed by atoms with Gasteiger partial charge >= 0.3 is 0 Å². The lowest BCUT2D eigenvalue weighted by Crippen LogP contribution is -2.28. The molecule has 0 amide bonds. The number of sulfonamides is 1. The van der Waals surface area contributed by atoms with E-state index in [1.54, 1.807) is 30.5 Å². The second-order valence-corrected chi connectivity index (χ2v) is 7.85. The van der Waals surface area contributed by atoms with Crippen molar-refractivity contribution in [2.24, 2.45) is 0 Å². The summed E-state index contributed by atoms with van der Waals surface area (Å²) in [5.74, 6) is 0. The fraction of sp³-hybridized carbons (Fsp3) is 0.158. The van der Waals surface area contributed by atoms with Gasteiger partial charge in [0.25, 0.3) is 10.0 Å². The summed E-state index contributed by atoms with van der Waals surface area (Å²) in [5.41, 5.74) is 3.17. The molecule has 0 bridgehead atoms. The first-order chi connectivity index (χ1) is 11.3. The maximum Gasteiger partial charge on any atom is 0.263 e. The Morgan fingerprint density at radius 2 is 1.75 bits per heavy atom. The number of furan rings is 1. The molecule has 2 aromatic carbocycles. The average molecular weight is 341 g/mol. The van der Waals surface area contributed by atoms with Crippen LogP contribution in [-0.2, 0) is 10.0 Å². The highest BCUT2D eigenvalue weighted by molar-refractivity contribution is 7.89. The molecule has 0 aliphatic carbocycles. The van der Waals surface area contributed by atoms with Crippen LogP contribution in [0, 0.1) is 13.8 Å². The monoisotopic (exact) mass is 341 g/mol. The quantitative estimate of drug-likeness (QED) is 0.735. The SMILES string of the molecule is C=c1oc2cccc(C)c2/c1=C/N(C)S(=O)(=O)c1ccc(C)cc1. The van der Waals surface area contributed by atoms with Crippen LogP contribution in [0.5, 0.6) is 0 Å². The Morgan fingerprint density at radius 3 is 2.42 bits per heavy atom. The van der Waals surface area contributed by atoms with E-state index in [1.165, 1.54) is 11.4 Å². The molecule has 0 saturated carbocycles. The molecule has 3 rings (SSSR count). The van der Waals surface area contributed by atoms with E-state index in [2.05, 4.69) is 6.58 Å². The first-order valence-corrected chi connectivity index (χ1v) is 8.98. The zero-order valence-electron chi connectivity index (χ0n) is 13.9. The highest BCUT2D eigenvalue weighted by Crippen LogP contribution is 2.16. The number of aryl methyl sites for hydroxylation is 2. The van der Waals surface area contributed by atoms with Gasteiger partial charge in [0.15, 0.2) is 0 Å². The van der Waals surface area contributed by atoms with E-state index in [-0.39, 0.29) is 4.90 Å². The van der Waals surface area contributed by atoms with Gasteiger partial charge in [0.1, 0.15) is 11.0 Å². The number of rotatable bonds is 3. The summed E-state index contributed by atoms with van der Waals surface area (Å²) >= 11 is 0. The van der Waals surface area contributed by atoms with E-state index < -0.39 is 10.0 Å². The Bertz CT molecular complexity index is 1110. The summed E-state index contributed by atoms with van der Waals surface area (Å²) in [5, 5.41) is 1.56. The number of hydrogen-bond acceptors (Lipinski definition) is 3. The molecule has 0 spiro atoms. The highest BCUT2D eigenvalue weighted by Gasteiger charge is 2.18. The largest absolute Gasteiger partial charge is 0.457 e. The van der Waals surface area contributed by atoms with Crippen LogP contribution in [0.2, 0.25) is 0 Å². The third-order valence-corrected chi connectivity index (χ3v) is 5.78. The van der Waals surface area contributed by atoms with E-state index in [9.17, 15) is 8.42 Å². The molecule has 0 aliphatic heterocycles. The molecule has 1 heterocycles. The van der Waals surface area contributed by atoms with Crippen molar-refractivity contribution in [3.63, 3.8) is 0 Å². The van der Waals surface area contributed by atoms with Gasteiger partial charge in [-0.1, -0.05) is 36.4 Å². The van der Waals surface area contributed by atoms with Crippen molar-refractivity contribution in [3.05, 3.63) is 64.2 Å². The normalized spacial score (nSPS) is 12.7. The lowest BCUT2D eigenvalue weighted by atomic mass is 10.1. The molecule has 0 atom stereocenters. The fourth-order valence-corrected chi connectivity index (χ4v) is 3.72. The number of hydrogen-bond donors (Lipinski definition) is 0. The lowest BCUT2D eigenvalue weighted by Gasteiger charge is -2.14. The fourth-order valence-electron chi connectivity index (χ4n) is 2.66. The predicted octanol–water partition coefficient (Wildman–Crippen LogP) is 2.52. The Hall–Kier alpha value is -2.53. The molecule has 1 aromatic heterocycles. The van der Waals surface area contributed by atoms with Crippen molar-refractivity contribution < 1.29 is 12.8 Å². The maximum absolute atomic E-state index is 12.7. The molecule has 124 valence electrons. The second kappa shape index (κ2) is 5.83. The molecule has 0 saturated heterocycles. The zero-order valence-corrected chi connectivity index (χ0v) is 14.7. The third-order valence-electron chi connectivity index (χ3n) is 4.05. The summed E-state index contributed by atoms with van der Waals surface area (Å²) in [6.07, 6.45) is 1.57. The molecule has 0 N–H and O–H groups in total. The zero-order chi connectivity index (χ0) is 17.5. The number of nitrogens with zero attached hydrogens (tertiary/aromatic N) is 1. The van der Waals surface area contributed by atoms with E-state index in [4.69, 9.17) is 4.42 Å². The molecule has 5 heteroatoms. The van der Waals surface area contributed by atoms with Gasteiger partial charge in [-0.2, -0.15) is 0 Å². The van der Waals surface area contributed by atoms with Crippen LogP contribution in [0.15, 0.2) is 51.8 Å². The average Bonchev–Trinajstić information content (AvgIpc) is 2.85. The lowest BCUT2D eigenvalue weighted by molar-refractivity contribution is 0.549. The minimum absolute atomic E-state index is 0.252. The first-order valence-electron chi connectivity index (χ1n) is 7.54. The molecule has 0 aliphatic rings. The van der Waals surface area contributed by atoms with Gasteiger partial charge in [0, 0.05) is 23.9 Å². The van der Waals surface area contributed by atoms with Crippen LogP contribution >= 0.6 is 0 Å². The van der Waals surface area contributed by atoms with Gasteiger partial charge in [-0.05, 0) is 37.6 Å². The topological polar surface area (TPSA) is 50.5 Å². The Morgan fingerprint density at radius 1 is 1.08 bits per heavy atom. The minimum atomic E-state index is -3.62. The van der Waals surface area contributed by atoms with Gasteiger partial charge in [0.2, 0.25) is 0 Å². The van der Waals surface area contributed by atoms with E-state index in [1.807, 2.05) is 32.0 Å². The minimum Gasteiger partial charge on any atom is -0.457 e. The number of benzene rings is 2. The van der Waals surface area contributed by atoms with Crippen LogP contribution in [0.25, 0.3) is 23.7 Å². The van der Waals surface area contributed by atoms with E-state index in [0.29, 0.717) is 16.2 Å². The Balaban J connectivity index is 2.17. The molecule has 0 fully saturated rings. The van der Waals surface area contributed by atoms with Gasteiger partial charge in [-0.3, -0.25) is 4.31 Å². The van der Waals surface area contributed by atoms with Gasteiger partial charge < -0.3 is 4.42 Å². The van der Waals surface area contributed by atoms with Crippen molar-refractivity contribution in [1.29, 1.82) is 0 Å². The van der Waals surface area contributed by atoms with Crippen LogP contribution in [-0.4, -0.2) is 19.8 Å². The first kappa shape index (κ1) is 16.3. The van der Waals surface area contributed by atoms with Crippen LogP contribution < -0.4 is 10.6 Å². The van der Waals surface area contributed by atoms with Crippen molar-refractivity contribution in [2.75, 3.05) is 7.05 Å². The summed E-state index contributed by atoms with van der Waals surface area (Å²) in [7, 11) is -2.10. The smallest absolute Gasteiger partial charge is 0.263 e. The summed E-state index contributed by atoms with van der Waals surface area (Å²) in [6.45, 7) is 7.78. The molecular formula is C19H19NO3S. The third kappa shape index (κ3) is 2.71. The van der Waals surface area contributed by atoms with Gasteiger partial charge in [-0.25, -0.2) is 8.42 Å². The molecule has 4 nitrogen and oxygen atoms in total. The molecule has 24 heavy (non-hydrogen) atoms. The van der Waals surface area contributed by atoms with E-state index in [0.717, 1.165) is 16.5 Å². The second-order valence-electron chi connectivity index (χ2n) is 5.85. The van der Waals surface area contributed by atoms with Crippen molar-refractivity contribution in [1.82, 2.24) is 4.31 Å². The van der Waals surface area contributed by atoms with Crippen LogP contribution in [0.3, 0.4) is 0 Å². The summed E-state index contributed by atoms with van der Waals surface area (Å²) < 4.78 is 32.4. The molecule has 0 radical (unpaired) electrons. The highest BCUT2D eigenvalue weighted by atomic mass is 32.2. The van der Waals surface area contributed by atoms with Gasteiger partial charge in [0.05, 0.1) is 4.90 Å². The van der Waals surface area contributed by atoms with Crippen LogP contribution in [0.1, 0.15) is 11.1 Å². The van der Waals surface area contributed by atoms with Crippen molar-refractivity contribution in [3.8, 4) is 0 Å². The Kier molecular flexibility index (Phi) is 3.97. The van der Waals surface area contributed by atoms with Crippen LogP contribution in [0.4, 0.5) is 0 Å². The summed E-state index contributed by atoms with van der Waals surface area (Å²) in [4.78, 5) is 0.252. The number of fused-ring (bicyclic) bond motifs is 1. The summed E-state index contributed by atoms with van der Waals surface area (Å²) in [6, 6.07) is 12.5. The van der Waals surface area contributed by atoms with Crippen molar-refractivity contribution in [2.45, 2.75) is 18.7 Å². The maximum atomic E-state index is 12.7. The molecule has 3 aromatic rings. The molecular weight excluding hydrogens is 322 g/mol.